The van der Waals surface area contributed by atoms with Crippen LogP contribution in [0.5, 0.6) is 11.5 Å². The first-order valence-electron chi connectivity index (χ1n) is 9.15. The van der Waals surface area contributed by atoms with Gasteiger partial charge in [0.1, 0.15) is 12.7 Å². The molecule has 0 saturated heterocycles. The van der Waals surface area contributed by atoms with Gasteiger partial charge in [-0.25, -0.2) is 0 Å². The molecule has 1 amide bonds. The molecule has 8 heteroatoms. The largest absolute Gasteiger partial charge is 0.486 e. The molecule has 28 heavy (non-hydrogen) atoms. The van der Waals surface area contributed by atoms with E-state index >= 15 is 0 Å². The minimum atomic E-state index is -0.475. The second-order valence-electron chi connectivity index (χ2n) is 6.55. The van der Waals surface area contributed by atoms with Crippen molar-refractivity contribution in [1.82, 2.24) is 4.90 Å². The number of nitrogens with zero attached hydrogens (tertiary/aromatic N) is 2. The zero-order valence-corrected chi connectivity index (χ0v) is 15.8. The van der Waals surface area contributed by atoms with Crippen molar-refractivity contribution in [2.75, 3.05) is 25.0 Å². The van der Waals surface area contributed by atoms with E-state index < -0.39 is 11.0 Å². The van der Waals surface area contributed by atoms with E-state index in [1.807, 2.05) is 43.0 Å². The number of hydrogen-bond acceptors (Lipinski definition) is 6. The topological polar surface area (TPSA) is 93.9 Å². The highest BCUT2D eigenvalue weighted by Crippen LogP contribution is 2.31. The molecule has 2 aromatic carbocycles. The van der Waals surface area contributed by atoms with Gasteiger partial charge in [-0.1, -0.05) is 19.1 Å². The molecule has 0 fully saturated rings. The molecule has 1 N–H and O–H groups in total. The molecule has 148 valence electrons. The van der Waals surface area contributed by atoms with E-state index in [-0.39, 0.29) is 17.7 Å². The number of nitrogens with one attached hydrogen (secondary N) is 1. The van der Waals surface area contributed by atoms with Crippen LogP contribution >= 0.6 is 0 Å². The maximum absolute atomic E-state index is 12.6. The highest BCUT2D eigenvalue weighted by molar-refractivity contribution is 5.94. The summed E-state index contributed by atoms with van der Waals surface area (Å²) in [5.74, 6) is 1.25. The van der Waals surface area contributed by atoms with Crippen molar-refractivity contribution in [2.45, 2.75) is 26.0 Å². The Hall–Kier alpha value is -3.13. The van der Waals surface area contributed by atoms with Crippen LogP contribution in [0.1, 0.15) is 13.8 Å². The minimum Gasteiger partial charge on any atom is -0.486 e. The monoisotopic (exact) mass is 385 g/mol. The number of fused-ring (bicyclic) bond motifs is 1. The number of ether oxygens (including phenoxy) is 2. The van der Waals surface area contributed by atoms with Crippen LogP contribution < -0.4 is 14.8 Å². The molecule has 0 radical (unpaired) electrons. The standard InChI is InChI=1S/C20H23N3O5/c1-3-22(12-17-13-27-18-6-4-5-7-19(18)28-17)14(2)20(24)21-15-8-10-16(11-9-15)23(25)26/h4-11,14,17H,3,12-13H2,1-2H3,(H,21,24). The van der Waals surface area contributed by atoms with E-state index in [1.54, 1.807) is 0 Å². The fourth-order valence-corrected chi connectivity index (χ4v) is 3.05. The zero-order valence-electron chi connectivity index (χ0n) is 15.8. The first-order chi connectivity index (χ1) is 13.5. The van der Waals surface area contributed by atoms with Crippen LogP contribution in [0.15, 0.2) is 48.5 Å². The predicted molar refractivity (Wildman–Crippen MR) is 105 cm³/mol. The van der Waals surface area contributed by atoms with Crippen LogP contribution in [0.4, 0.5) is 11.4 Å². The number of anilines is 1. The summed E-state index contributed by atoms with van der Waals surface area (Å²) in [7, 11) is 0. The number of benzene rings is 2. The summed E-state index contributed by atoms with van der Waals surface area (Å²) in [5.41, 5.74) is 0.501. The fourth-order valence-electron chi connectivity index (χ4n) is 3.05. The van der Waals surface area contributed by atoms with Gasteiger partial charge in [0.25, 0.3) is 5.69 Å². The predicted octanol–water partition coefficient (Wildman–Crippen LogP) is 3.08. The molecule has 2 aromatic rings. The van der Waals surface area contributed by atoms with E-state index in [1.165, 1.54) is 24.3 Å². The lowest BCUT2D eigenvalue weighted by Crippen LogP contribution is -2.48. The van der Waals surface area contributed by atoms with Gasteiger partial charge < -0.3 is 14.8 Å². The third kappa shape index (κ3) is 4.58. The fraction of sp³-hybridized carbons (Fsp3) is 0.350. The summed E-state index contributed by atoms with van der Waals surface area (Å²) in [5, 5.41) is 13.5. The molecular weight excluding hydrogens is 362 g/mol. The second kappa shape index (κ2) is 8.71. The number of nitro benzene ring substituents is 1. The van der Waals surface area contributed by atoms with Crippen LogP contribution in [0.3, 0.4) is 0 Å². The number of non-ortho nitro benzene ring substituents is 1. The van der Waals surface area contributed by atoms with Gasteiger partial charge in [0.15, 0.2) is 11.5 Å². The Labute approximate surface area is 163 Å². The van der Waals surface area contributed by atoms with Gasteiger partial charge in [-0.15, -0.1) is 0 Å². The Morgan fingerprint density at radius 2 is 1.93 bits per heavy atom. The molecule has 2 unspecified atom stereocenters. The van der Waals surface area contributed by atoms with Crippen LogP contribution in [0.2, 0.25) is 0 Å². The van der Waals surface area contributed by atoms with Crippen LogP contribution in [0, 0.1) is 10.1 Å². The number of nitro groups is 1. The summed E-state index contributed by atoms with van der Waals surface area (Å²) in [6.45, 7) is 5.43. The molecule has 0 aromatic heterocycles. The first kappa shape index (κ1) is 19.6. The number of likely N-dealkylation sites (N-methyl/N-ethyl adjacent to an activating group) is 1. The van der Waals surface area contributed by atoms with Crippen molar-refractivity contribution in [3.8, 4) is 11.5 Å². The Bertz CT molecular complexity index is 840. The highest BCUT2D eigenvalue weighted by atomic mass is 16.6. The molecule has 0 saturated carbocycles. The van der Waals surface area contributed by atoms with Crippen molar-refractivity contribution < 1.29 is 19.2 Å². The number of para-hydroxylation sites is 2. The highest BCUT2D eigenvalue weighted by Gasteiger charge is 2.27. The quantitative estimate of drug-likeness (QED) is 0.581. The molecule has 0 aliphatic carbocycles. The maximum atomic E-state index is 12.6. The molecule has 3 rings (SSSR count). The van der Waals surface area contributed by atoms with E-state index in [2.05, 4.69) is 5.32 Å². The van der Waals surface area contributed by atoms with E-state index in [4.69, 9.17) is 9.47 Å². The Morgan fingerprint density at radius 1 is 1.25 bits per heavy atom. The lowest BCUT2D eigenvalue weighted by molar-refractivity contribution is -0.384. The van der Waals surface area contributed by atoms with Crippen molar-refractivity contribution in [2.24, 2.45) is 0 Å². The lowest BCUT2D eigenvalue weighted by atomic mass is 10.2. The van der Waals surface area contributed by atoms with Gasteiger partial charge >= 0.3 is 0 Å². The third-order valence-electron chi connectivity index (χ3n) is 4.68. The van der Waals surface area contributed by atoms with Gasteiger partial charge in [-0.05, 0) is 37.7 Å². The van der Waals surface area contributed by atoms with Crippen LogP contribution in [-0.2, 0) is 4.79 Å². The average Bonchev–Trinajstić information content (AvgIpc) is 2.71. The molecule has 1 heterocycles. The lowest BCUT2D eigenvalue weighted by Gasteiger charge is -2.33. The zero-order chi connectivity index (χ0) is 20.1. The SMILES string of the molecule is CCN(CC1COc2ccccc2O1)C(C)C(=O)Nc1ccc([N+](=O)[O-])cc1. The molecule has 2 atom stereocenters. The van der Waals surface area contributed by atoms with Crippen LogP contribution in [0.25, 0.3) is 0 Å². The van der Waals surface area contributed by atoms with E-state index in [0.29, 0.717) is 31.1 Å². The van der Waals surface area contributed by atoms with Crippen molar-refractivity contribution >= 4 is 17.3 Å². The second-order valence-corrected chi connectivity index (χ2v) is 6.55. The van der Waals surface area contributed by atoms with Crippen LogP contribution in [-0.4, -0.2) is 47.6 Å². The summed E-state index contributed by atoms with van der Waals surface area (Å²) in [6.07, 6.45) is -0.176. The summed E-state index contributed by atoms with van der Waals surface area (Å²) in [6, 6.07) is 12.9. The summed E-state index contributed by atoms with van der Waals surface area (Å²) < 4.78 is 11.7. The first-order valence-corrected chi connectivity index (χ1v) is 9.15. The number of amides is 1. The molecule has 0 bridgehead atoms. The molecule has 8 nitrogen and oxygen atoms in total. The van der Waals surface area contributed by atoms with Gasteiger partial charge in [-0.2, -0.15) is 0 Å². The summed E-state index contributed by atoms with van der Waals surface area (Å²) >= 11 is 0. The number of hydrogen-bond donors (Lipinski definition) is 1. The van der Waals surface area contributed by atoms with E-state index in [9.17, 15) is 14.9 Å². The minimum absolute atomic E-state index is 0.0176. The Kier molecular flexibility index (Phi) is 6.10. The number of carbonyl (C=O) groups excluding carboxylic acids is 1. The van der Waals surface area contributed by atoms with E-state index in [0.717, 1.165) is 5.75 Å². The van der Waals surface area contributed by atoms with Gasteiger partial charge in [0.05, 0.1) is 11.0 Å². The normalized spacial score (nSPS) is 16.5. The smallest absolute Gasteiger partial charge is 0.269 e. The average molecular weight is 385 g/mol. The van der Waals surface area contributed by atoms with Crippen molar-refractivity contribution in [1.29, 1.82) is 0 Å². The third-order valence-corrected chi connectivity index (χ3v) is 4.68. The summed E-state index contributed by atoms with van der Waals surface area (Å²) in [4.78, 5) is 24.9. The van der Waals surface area contributed by atoms with Crippen molar-refractivity contribution in [3.05, 3.63) is 58.6 Å². The molecular formula is C20H23N3O5. The molecule has 1 aliphatic rings. The van der Waals surface area contributed by atoms with Gasteiger partial charge in [-0.3, -0.25) is 19.8 Å². The Balaban J connectivity index is 1.59. The maximum Gasteiger partial charge on any atom is 0.269 e. The number of carbonyl (C=O) groups is 1. The van der Waals surface area contributed by atoms with Gasteiger partial charge in [0.2, 0.25) is 5.91 Å². The number of rotatable bonds is 7. The molecule has 1 aliphatic heterocycles. The van der Waals surface area contributed by atoms with Gasteiger partial charge in [0, 0.05) is 24.4 Å². The van der Waals surface area contributed by atoms with Crippen molar-refractivity contribution in [3.63, 3.8) is 0 Å². The Morgan fingerprint density at radius 3 is 2.57 bits per heavy atom. The molecule has 0 spiro atoms.